The molecule has 1 heterocycles. The molecule has 118 valence electrons. The molecular weight excluding hydrogens is 332 g/mol. The molecule has 0 bridgehead atoms. The van der Waals surface area contributed by atoms with E-state index >= 15 is 0 Å². The van der Waals surface area contributed by atoms with E-state index in [4.69, 9.17) is 14.2 Å². The van der Waals surface area contributed by atoms with Gasteiger partial charge >= 0.3 is 0 Å². The van der Waals surface area contributed by atoms with Crippen LogP contribution in [-0.2, 0) is 20.8 Å². The van der Waals surface area contributed by atoms with E-state index in [0.717, 1.165) is 37.6 Å². The smallest absolute Gasteiger partial charge is 0.158 e. The molecule has 0 radical (unpaired) electrons. The minimum absolute atomic E-state index is 0.0422. The third-order valence-electron chi connectivity index (χ3n) is 3.56. The summed E-state index contributed by atoms with van der Waals surface area (Å²) in [5, 5.41) is 0.997. The SMILES string of the molecule is BrCCC[C@@H](COCc1ccccc1)OC1CCCCO1. The van der Waals surface area contributed by atoms with Crippen molar-refractivity contribution in [3.63, 3.8) is 0 Å². The first-order chi connectivity index (χ1) is 10.4. The van der Waals surface area contributed by atoms with Crippen molar-refractivity contribution >= 4 is 15.9 Å². The Morgan fingerprint density at radius 3 is 2.81 bits per heavy atom. The number of benzene rings is 1. The predicted octanol–water partition coefficient (Wildman–Crippen LogP) is 4.29. The van der Waals surface area contributed by atoms with Gasteiger partial charge in [0.05, 0.1) is 19.3 Å². The predicted molar refractivity (Wildman–Crippen MR) is 87.6 cm³/mol. The number of hydrogen-bond donors (Lipinski definition) is 0. The van der Waals surface area contributed by atoms with Gasteiger partial charge in [-0.3, -0.25) is 0 Å². The van der Waals surface area contributed by atoms with Crippen LogP contribution in [0.15, 0.2) is 30.3 Å². The fourth-order valence-corrected chi connectivity index (χ4v) is 2.73. The molecule has 1 aliphatic rings. The van der Waals surface area contributed by atoms with Crippen molar-refractivity contribution in [3.05, 3.63) is 35.9 Å². The maximum absolute atomic E-state index is 6.06. The Kier molecular flexibility index (Phi) is 8.33. The van der Waals surface area contributed by atoms with E-state index in [1.54, 1.807) is 0 Å². The van der Waals surface area contributed by atoms with Crippen molar-refractivity contribution in [3.8, 4) is 0 Å². The van der Waals surface area contributed by atoms with Gasteiger partial charge in [-0.15, -0.1) is 0 Å². The average molecular weight is 357 g/mol. The van der Waals surface area contributed by atoms with Gasteiger partial charge < -0.3 is 14.2 Å². The van der Waals surface area contributed by atoms with Crippen LogP contribution in [-0.4, -0.2) is 30.9 Å². The molecule has 3 nitrogen and oxygen atoms in total. The number of ether oxygens (including phenoxy) is 3. The molecule has 0 spiro atoms. The molecule has 2 rings (SSSR count). The summed E-state index contributed by atoms with van der Waals surface area (Å²) in [7, 11) is 0. The quantitative estimate of drug-likeness (QED) is 0.617. The number of halogens is 1. The second kappa shape index (κ2) is 10.3. The van der Waals surface area contributed by atoms with Crippen molar-refractivity contribution in [2.24, 2.45) is 0 Å². The summed E-state index contributed by atoms with van der Waals surface area (Å²) in [6.45, 7) is 2.09. The van der Waals surface area contributed by atoms with Gasteiger partial charge in [0.1, 0.15) is 0 Å². The third kappa shape index (κ3) is 6.92. The van der Waals surface area contributed by atoms with E-state index < -0.39 is 0 Å². The Balaban J connectivity index is 1.72. The van der Waals surface area contributed by atoms with Crippen LogP contribution in [0, 0.1) is 0 Å². The van der Waals surface area contributed by atoms with Crippen LogP contribution < -0.4 is 0 Å². The number of alkyl halides is 1. The Labute approximate surface area is 136 Å². The zero-order valence-electron chi connectivity index (χ0n) is 12.5. The summed E-state index contributed by atoms with van der Waals surface area (Å²) >= 11 is 3.48. The summed E-state index contributed by atoms with van der Waals surface area (Å²) in [4.78, 5) is 0. The van der Waals surface area contributed by atoms with Crippen molar-refractivity contribution < 1.29 is 14.2 Å². The highest BCUT2D eigenvalue weighted by molar-refractivity contribution is 9.09. The van der Waals surface area contributed by atoms with Gasteiger partial charge in [0.15, 0.2) is 6.29 Å². The standard InChI is InChI=1S/C17H25BrO3/c18-11-6-9-16(21-17-10-4-5-12-20-17)14-19-13-15-7-2-1-3-8-15/h1-3,7-8,16-17H,4-6,9-14H2/t16-,17?/m0/s1. The highest BCUT2D eigenvalue weighted by atomic mass is 79.9. The summed E-state index contributed by atoms with van der Waals surface area (Å²) in [6.07, 6.45) is 5.51. The number of rotatable bonds is 9. The fourth-order valence-electron chi connectivity index (χ4n) is 2.41. The van der Waals surface area contributed by atoms with Crippen LogP contribution in [0.5, 0.6) is 0 Å². The first-order valence-electron chi connectivity index (χ1n) is 7.83. The monoisotopic (exact) mass is 356 g/mol. The lowest BCUT2D eigenvalue weighted by Gasteiger charge is -2.27. The molecule has 1 aromatic rings. The van der Waals surface area contributed by atoms with Crippen LogP contribution in [0.3, 0.4) is 0 Å². The minimum Gasteiger partial charge on any atom is -0.374 e. The first-order valence-corrected chi connectivity index (χ1v) is 8.95. The highest BCUT2D eigenvalue weighted by Crippen LogP contribution is 2.18. The molecule has 4 heteroatoms. The van der Waals surface area contributed by atoms with Crippen molar-refractivity contribution in [2.75, 3.05) is 18.5 Å². The van der Waals surface area contributed by atoms with Crippen molar-refractivity contribution in [2.45, 2.75) is 51.1 Å². The lowest BCUT2D eigenvalue weighted by Crippen LogP contribution is -2.30. The summed E-state index contributed by atoms with van der Waals surface area (Å²) < 4.78 is 17.6. The van der Waals surface area contributed by atoms with E-state index in [-0.39, 0.29) is 12.4 Å². The van der Waals surface area contributed by atoms with Gasteiger partial charge in [-0.05, 0) is 37.7 Å². The lowest BCUT2D eigenvalue weighted by atomic mass is 10.2. The Hall–Kier alpha value is -0.420. The molecule has 1 saturated heterocycles. The normalized spacial score (nSPS) is 20.3. The molecule has 0 aromatic heterocycles. The van der Waals surface area contributed by atoms with Crippen LogP contribution in [0.2, 0.25) is 0 Å². The third-order valence-corrected chi connectivity index (χ3v) is 4.12. The van der Waals surface area contributed by atoms with Crippen molar-refractivity contribution in [1.82, 2.24) is 0 Å². The van der Waals surface area contributed by atoms with E-state index in [9.17, 15) is 0 Å². The second-order valence-corrected chi connectivity index (χ2v) is 6.18. The van der Waals surface area contributed by atoms with Gasteiger partial charge in [0.2, 0.25) is 0 Å². The largest absolute Gasteiger partial charge is 0.374 e. The van der Waals surface area contributed by atoms with Gasteiger partial charge in [-0.2, -0.15) is 0 Å². The zero-order chi connectivity index (χ0) is 14.8. The maximum Gasteiger partial charge on any atom is 0.158 e. The molecule has 1 unspecified atom stereocenters. The molecule has 0 amide bonds. The first kappa shape index (κ1) is 16.9. The summed E-state index contributed by atoms with van der Waals surface area (Å²) in [5.41, 5.74) is 1.20. The average Bonchev–Trinajstić information content (AvgIpc) is 2.54. The minimum atomic E-state index is -0.0422. The molecule has 21 heavy (non-hydrogen) atoms. The van der Waals surface area contributed by atoms with Gasteiger partial charge in [0.25, 0.3) is 0 Å². The Bertz CT molecular complexity index is 366. The fraction of sp³-hybridized carbons (Fsp3) is 0.647. The molecule has 1 aliphatic heterocycles. The molecule has 0 N–H and O–H groups in total. The van der Waals surface area contributed by atoms with Gasteiger partial charge in [0, 0.05) is 11.9 Å². The molecule has 1 fully saturated rings. The molecule has 0 aliphatic carbocycles. The van der Waals surface area contributed by atoms with Crippen LogP contribution in [0.1, 0.15) is 37.7 Å². The van der Waals surface area contributed by atoms with E-state index in [1.807, 2.05) is 18.2 Å². The molecule has 0 saturated carbocycles. The van der Waals surface area contributed by atoms with E-state index in [1.165, 1.54) is 12.0 Å². The van der Waals surface area contributed by atoms with Crippen molar-refractivity contribution in [1.29, 1.82) is 0 Å². The van der Waals surface area contributed by atoms with E-state index in [0.29, 0.717) is 13.2 Å². The topological polar surface area (TPSA) is 27.7 Å². The lowest BCUT2D eigenvalue weighted by molar-refractivity contribution is -0.199. The number of hydrogen-bond acceptors (Lipinski definition) is 3. The maximum atomic E-state index is 6.06. The van der Waals surface area contributed by atoms with Crippen LogP contribution >= 0.6 is 15.9 Å². The second-order valence-electron chi connectivity index (χ2n) is 5.39. The zero-order valence-corrected chi connectivity index (χ0v) is 14.1. The van der Waals surface area contributed by atoms with Crippen LogP contribution in [0.4, 0.5) is 0 Å². The van der Waals surface area contributed by atoms with Crippen LogP contribution in [0.25, 0.3) is 0 Å². The molecular formula is C17H25BrO3. The Morgan fingerprint density at radius 2 is 2.10 bits per heavy atom. The molecule has 1 aromatic carbocycles. The highest BCUT2D eigenvalue weighted by Gasteiger charge is 2.19. The Morgan fingerprint density at radius 1 is 1.24 bits per heavy atom. The summed E-state index contributed by atoms with van der Waals surface area (Å²) in [6, 6.07) is 10.3. The van der Waals surface area contributed by atoms with E-state index in [2.05, 4.69) is 28.1 Å². The van der Waals surface area contributed by atoms with Gasteiger partial charge in [-0.1, -0.05) is 46.3 Å². The van der Waals surface area contributed by atoms with Gasteiger partial charge in [-0.25, -0.2) is 0 Å². The summed E-state index contributed by atoms with van der Waals surface area (Å²) in [5.74, 6) is 0. The molecule has 2 atom stereocenters.